The smallest absolute Gasteiger partial charge is 0.312 e. The highest BCUT2D eigenvalue weighted by Gasteiger charge is 2.57. The molecule has 0 amide bonds. The highest BCUT2D eigenvalue weighted by atomic mass is 16.6. The molecule has 0 aromatic heterocycles. The first-order valence-corrected chi connectivity index (χ1v) is 5.00. The van der Waals surface area contributed by atoms with Crippen molar-refractivity contribution in [1.82, 2.24) is 0 Å². The molecule has 0 aromatic rings. The molecule has 1 aliphatic carbocycles. The lowest BCUT2D eigenvalue weighted by Gasteiger charge is -2.24. The van der Waals surface area contributed by atoms with Crippen LogP contribution in [0.3, 0.4) is 0 Å². The van der Waals surface area contributed by atoms with Crippen LogP contribution in [0.1, 0.15) is 12.8 Å². The van der Waals surface area contributed by atoms with Crippen LogP contribution in [0.15, 0.2) is 0 Å². The molecule has 1 heterocycles. The van der Waals surface area contributed by atoms with Crippen molar-refractivity contribution in [2.24, 2.45) is 11.8 Å². The molecule has 4 atom stereocenters. The molecule has 84 valence electrons. The molecule has 4 unspecified atom stereocenters. The summed E-state index contributed by atoms with van der Waals surface area (Å²) in [4.78, 5) is 23.0. The molecule has 0 aromatic carbocycles. The number of esters is 2. The summed E-state index contributed by atoms with van der Waals surface area (Å²) in [5.74, 6) is -1.62. The van der Waals surface area contributed by atoms with Gasteiger partial charge in [-0.1, -0.05) is 0 Å². The van der Waals surface area contributed by atoms with E-state index in [-0.39, 0.29) is 24.1 Å². The van der Waals surface area contributed by atoms with Crippen LogP contribution in [0.2, 0.25) is 0 Å². The Kier molecular flexibility index (Phi) is 2.65. The zero-order valence-electron chi connectivity index (χ0n) is 8.76. The van der Waals surface area contributed by atoms with Gasteiger partial charge in [-0.2, -0.15) is 0 Å². The fourth-order valence-corrected chi connectivity index (χ4v) is 2.31. The third-order valence-electron chi connectivity index (χ3n) is 3.15. The first kappa shape index (κ1) is 10.4. The average molecular weight is 214 g/mol. The van der Waals surface area contributed by atoms with Gasteiger partial charge in [-0.15, -0.1) is 0 Å². The van der Waals surface area contributed by atoms with E-state index < -0.39 is 11.8 Å². The number of carbonyl (C=O) groups is 2. The maximum absolute atomic E-state index is 11.5. The van der Waals surface area contributed by atoms with Crippen molar-refractivity contribution in [3.05, 3.63) is 0 Å². The normalized spacial score (nSPS) is 37.7. The van der Waals surface area contributed by atoms with E-state index in [4.69, 9.17) is 4.74 Å². The maximum Gasteiger partial charge on any atom is 0.312 e. The van der Waals surface area contributed by atoms with E-state index in [0.717, 1.165) is 6.42 Å². The van der Waals surface area contributed by atoms with Crippen LogP contribution in [0.25, 0.3) is 0 Å². The van der Waals surface area contributed by atoms with Crippen LogP contribution >= 0.6 is 0 Å². The summed E-state index contributed by atoms with van der Waals surface area (Å²) in [6.07, 6.45) is 1.44. The zero-order valence-corrected chi connectivity index (χ0v) is 8.76. The summed E-state index contributed by atoms with van der Waals surface area (Å²) < 4.78 is 14.7. The van der Waals surface area contributed by atoms with E-state index in [1.807, 2.05) is 0 Å². The number of epoxide rings is 1. The van der Waals surface area contributed by atoms with E-state index in [1.165, 1.54) is 14.2 Å². The van der Waals surface area contributed by atoms with Crippen molar-refractivity contribution in [1.29, 1.82) is 0 Å². The Morgan fingerprint density at radius 3 is 2.40 bits per heavy atom. The molecule has 5 heteroatoms. The topological polar surface area (TPSA) is 65.1 Å². The van der Waals surface area contributed by atoms with Gasteiger partial charge < -0.3 is 14.2 Å². The third-order valence-corrected chi connectivity index (χ3v) is 3.15. The van der Waals surface area contributed by atoms with Crippen LogP contribution in [-0.4, -0.2) is 38.4 Å². The van der Waals surface area contributed by atoms with Crippen molar-refractivity contribution >= 4 is 11.9 Å². The Labute approximate surface area is 87.7 Å². The van der Waals surface area contributed by atoms with Gasteiger partial charge >= 0.3 is 11.9 Å². The van der Waals surface area contributed by atoms with Crippen molar-refractivity contribution in [3.63, 3.8) is 0 Å². The molecule has 1 saturated heterocycles. The molecular formula is C10H14O5. The number of ether oxygens (including phenoxy) is 3. The lowest BCUT2D eigenvalue weighted by molar-refractivity contribution is -0.159. The SMILES string of the molecule is COC(=O)C1CCC2OC2C1C(=O)OC. The molecule has 0 bridgehead atoms. The second-order valence-electron chi connectivity index (χ2n) is 3.90. The van der Waals surface area contributed by atoms with E-state index in [9.17, 15) is 9.59 Å². The van der Waals surface area contributed by atoms with Crippen molar-refractivity contribution in [3.8, 4) is 0 Å². The van der Waals surface area contributed by atoms with Crippen molar-refractivity contribution < 1.29 is 23.8 Å². The van der Waals surface area contributed by atoms with Crippen LogP contribution in [0, 0.1) is 11.8 Å². The quantitative estimate of drug-likeness (QED) is 0.482. The largest absolute Gasteiger partial charge is 0.469 e. The summed E-state index contributed by atoms with van der Waals surface area (Å²) in [7, 11) is 2.65. The fraction of sp³-hybridized carbons (Fsp3) is 0.800. The molecular weight excluding hydrogens is 200 g/mol. The summed E-state index contributed by atoms with van der Waals surface area (Å²) >= 11 is 0. The average Bonchev–Trinajstić information content (AvgIpc) is 3.04. The molecule has 1 saturated carbocycles. The molecule has 0 spiro atoms. The Bertz CT molecular complexity index is 288. The van der Waals surface area contributed by atoms with Gasteiger partial charge in [0.25, 0.3) is 0 Å². The van der Waals surface area contributed by atoms with E-state index >= 15 is 0 Å². The van der Waals surface area contributed by atoms with Gasteiger partial charge in [-0.25, -0.2) is 0 Å². The molecule has 1 aliphatic heterocycles. The minimum absolute atomic E-state index is 0.134. The second kappa shape index (κ2) is 3.81. The highest BCUT2D eigenvalue weighted by Crippen LogP contribution is 2.44. The van der Waals surface area contributed by atoms with Crippen LogP contribution in [0.4, 0.5) is 0 Å². The lowest BCUT2D eigenvalue weighted by atomic mass is 9.79. The molecule has 15 heavy (non-hydrogen) atoms. The molecule has 2 aliphatic rings. The molecule has 0 radical (unpaired) electrons. The van der Waals surface area contributed by atoms with Gasteiger partial charge in [0.1, 0.15) is 0 Å². The number of hydrogen-bond acceptors (Lipinski definition) is 5. The summed E-state index contributed by atoms with van der Waals surface area (Å²) in [5, 5.41) is 0. The Morgan fingerprint density at radius 1 is 1.13 bits per heavy atom. The van der Waals surface area contributed by atoms with Gasteiger partial charge in [0.2, 0.25) is 0 Å². The van der Waals surface area contributed by atoms with E-state index in [2.05, 4.69) is 9.47 Å². The minimum Gasteiger partial charge on any atom is -0.469 e. The monoisotopic (exact) mass is 214 g/mol. The van der Waals surface area contributed by atoms with E-state index in [1.54, 1.807) is 0 Å². The van der Waals surface area contributed by atoms with Gasteiger partial charge in [0.05, 0.1) is 38.3 Å². The van der Waals surface area contributed by atoms with Gasteiger partial charge in [-0.3, -0.25) is 9.59 Å². The molecule has 2 rings (SSSR count). The van der Waals surface area contributed by atoms with Gasteiger partial charge in [0.15, 0.2) is 0 Å². The number of rotatable bonds is 2. The first-order chi connectivity index (χ1) is 7.19. The van der Waals surface area contributed by atoms with Crippen molar-refractivity contribution in [2.75, 3.05) is 14.2 Å². The molecule has 0 N–H and O–H groups in total. The van der Waals surface area contributed by atoms with Crippen LogP contribution in [-0.2, 0) is 23.8 Å². The number of carbonyl (C=O) groups excluding carboxylic acids is 2. The zero-order chi connectivity index (χ0) is 11.0. The summed E-state index contributed by atoms with van der Waals surface area (Å²) in [5.41, 5.74) is 0. The number of fused-ring (bicyclic) bond motifs is 1. The lowest BCUT2D eigenvalue weighted by Crippen LogP contribution is -2.38. The second-order valence-corrected chi connectivity index (χ2v) is 3.90. The molecule has 5 nitrogen and oxygen atoms in total. The van der Waals surface area contributed by atoms with Crippen LogP contribution in [0.5, 0.6) is 0 Å². The summed E-state index contributed by atoms with van der Waals surface area (Å²) in [6, 6.07) is 0. The third kappa shape index (κ3) is 1.71. The van der Waals surface area contributed by atoms with Crippen LogP contribution < -0.4 is 0 Å². The minimum atomic E-state index is -0.485. The standard InChI is InChI=1S/C10H14O5/c1-13-9(11)5-3-4-6-8(15-6)7(5)10(12)14-2/h5-8H,3-4H2,1-2H3. The van der Waals surface area contributed by atoms with E-state index in [0.29, 0.717) is 6.42 Å². The summed E-state index contributed by atoms with van der Waals surface area (Å²) in [6.45, 7) is 0. The number of hydrogen-bond donors (Lipinski definition) is 0. The van der Waals surface area contributed by atoms with Crippen molar-refractivity contribution in [2.45, 2.75) is 25.0 Å². The number of methoxy groups -OCH3 is 2. The fourth-order valence-electron chi connectivity index (χ4n) is 2.31. The van der Waals surface area contributed by atoms with Gasteiger partial charge in [-0.05, 0) is 12.8 Å². The predicted molar refractivity (Wildman–Crippen MR) is 48.9 cm³/mol. The Balaban J connectivity index is 2.13. The molecule has 2 fully saturated rings. The Hall–Kier alpha value is -1.10. The highest BCUT2D eigenvalue weighted by molar-refractivity contribution is 5.83. The Morgan fingerprint density at radius 2 is 1.80 bits per heavy atom. The first-order valence-electron chi connectivity index (χ1n) is 5.00. The van der Waals surface area contributed by atoms with Gasteiger partial charge in [0, 0.05) is 0 Å². The maximum atomic E-state index is 11.5. The predicted octanol–water partition coefficient (Wildman–Crippen LogP) is 0.126.